The Labute approximate surface area is 136 Å². The Kier molecular flexibility index (Phi) is 4.29. The molecule has 0 fully saturated rings. The fourth-order valence-electron chi connectivity index (χ4n) is 2.45. The van der Waals surface area contributed by atoms with Crippen LogP contribution in [0.25, 0.3) is 11.0 Å². The van der Waals surface area contributed by atoms with E-state index in [1.54, 1.807) is 6.07 Å². The number of benzene rings is 1. The molecule has 0 aliphatic rings. The van der Waals surface area contributed by atoms with Crippen LogP contribution < -0.4 is 5.32 Å². The Morgan fingerprint density at radius 1 is 1.41 bits per heavy atom. The number of imidazole rings is 1. The number of hydrogen-bond acceptors (Lipinski definition) is 3. The predicted octanol–water partition coefficient (Wildman–Crippen LogP) is 3.52. The summed E-state index contributed by atoms with van der Waals surface area (Å²) in [5, 5.41) is 2.89. The van der Waals surface area contributed by atoms with E-state index in [0.29, 0.717) is 16.8 Å². The molecule has 0 atom stereocenters. The van der Waals surface area contributed by atoms with Gasteiger partial charge in [0.15, 0.2) is 4.67 Å². The van der Waals surface area contributed by atoms with Gasteiger partial charge < -0.3 is 14.3 Å². The number of aryl methyl sites for hydroxylation is 2. The number of halogens is 1. The molecule has 0 radical (unpaired) electrons. The average Bonchev–Trinajstić information content (AvgIpc) is 3.07. The molecule has 6 heteroatoms. The molecule has 3 aromatic rings. The second-order valence-electron chi connectivity index (χ2n) is 5.05. The summed E-state index contributed by atoms with van der Waals surface area (Å²) in [7, 11) is 0. The first-order valence-electron chi connectivity index (χ1n) is 7.09. The fourth-order valence-corrected chi connectivity index (χ4v) is 2.79. The van der Waals surface area contributed by atoms with Crippen molar-refractivity contribution in [1.82, 2.24) is 14.9 Å². The van der Waals surface area contributed by atoms with Crippen molar-refractivity contribution < 1.29 is 9.21 Å². The monoisotopic (exact) mass is 361 g/mol. The van der Waals surface area contributed by atoms with Crippen LogP contribution in [0.15, 0.2) is 45.7 Å². The summed E-state index contributed by atoms with van der Waals surface area (Å²) in [5.41, 5.74) is 2.66. The Bertz CT molecular complexity index is 807. The summed E-state index contributed by atoms with van der Waals surface area (Å²) < 4.78 is 7.79. The van der Waals surface area contributed by atoms with Crippen molar-refractivity contribution in [2.24, 2.45) is 0 Å². The highest BCUT2D eigenvalue weighted by Gasteiger charge is 2.09. The van der Waals surface area contributed by atoms with Crippen LogP contribution in [0.5, 0.6) is 0 Å². The van der Waals surface area contributed by atoms with Crippen molar-refractivity contribution in [3.63, 3.8) is 0 Å². The summed E-state index contributed by atoms with van der Waals surface area (Å²) in [4.78, 5) is 16.4. The molecule has 22 heavy (non-hydrogen) atoms. The molecule has 3 rings (SSSR count). The van der Waals surface area contributed by atoms with Gasteiger partial charge in [-0.1, -0.05) is 12.1 Å². The lowest BCUT2D eigenvalue weighted by Gasteiger charge is -2.07. The van der Waals surface area contributed by atoms with Crippen LogP contribution in [0.2, 0.25) is 0 Å². The predicted molar refractivity (Wildman–Crippen MR) is 87.8 cm³/mol. The maximum Gasteiger partial charge on any atom is 0.254 e. The number of furan rings is 1. The van der Waals surface area contributed by atoms with Crippen LogP contribution in [0.4, 0.5) is 0 Å². The highest BCUT2D eigenvalue weighted by atomic mass is 79.9. The van der Waals surface area contributed by atoms with Crippen LogP contribution in [-0.2, 0) is 6.54 Å². The number of fused-ring (bicyclic) bond motifs is 1. The Balaban J connectivity index is 1.56. The van der Waals surface area contributed by atoms with Crippen LogP contribution >= 0.6 is 15.9 Å². The number of hydrogen-bond donors (Lipinski definition) is 1. The number of nitrogens with one attached hydrogen (secondary N) is 1. The molecule has 0 saturated heterocycles. The summed E-state index contributed by atoms with van der Waals surface area (Å²) >= 11 is 3.18. The van der Waals surface area contributed by atoms with E-state index >= 15 is 0 Å². The third-order valence-electron chi connectivity index (χ3n) is 3.52. The van der Waals surface area contributed by atoms with Gasteiger partial charge in [0, 0.05) is 19.2 Å². The van der Waals surface area contributed by atoms with Crippen LogP contribution in [-0.4, -0.2) is 22.0 Å². The number of carbonyl (C=O) groups is 1. The molecule has 114 valence electrons. The van der Waals surface area contributed by atoms with Gasteiger partial charge in [-0.2, -0.15) is 0 Å². The second kappa shape index (κ2) is 6.36. The zero-order chi connectivity index (χ0) is 15.5. The molecular weight excluding hydrogens is 346 g/mol. The minimum Gasteiger partial charge on any atom is -0.457 e. The molecule has 0 spiro atoms. The molecule has 2 aromatic heterocycles. The van der Waals surface area contributed by atoms with Gasteiger partial charge >= 0.3 is 0 Å². The lowest BCUT2D eigenvalue weighted by atomic mass is 10.3. The van der Waals surface area contributed by atoms with Crippen LogP contribution in [0, 0.1) is 6.92 Å². The lowest BCUT2D eigenvalue weighted by Crippen LogP contribution is -2.24. The lowest BCUT2D eigenvalue weighted by molar-refractivity contribution is 0.0952. The van der Waals surface area contributed by atoms with Crippen molar-refractivity contribution in [1.29, 1.82) is 0 Å². The molecule has 0 aliphatic carbocycles. The Morgan fingerprint density at radius 3 is 3.00 bits per heavy atom. The number of rotatable bonds is 5. The zero-order valence-corrected chi connectivity index (χ0v) is 13.8. The van der Waals surface area contributed by atoms with E-state index in [-0.39, 0.29) is 5.91 Å². The molecule has 0 bridgehead atoms. The fraction of sp³-hybridized carbons (Fsp3) is 0.250. The molecule has 0 unspecified atom stereocenters. The molecule has 5 nitrogen and oxygen atoms in total. The van der Waals surface area contributed by atoms with Crippen LogP contribution in [0.3, 0.4) is 0 Å². The van der Waals surface area contributed by atoms with Gasteiger partial charge in [-0.3, -0.25) is 4.79 Å². The molecule has 1 aromatic carbocycles. The minimum absolute atomic E-state index is 0.123. The Morgan fingerprint density at radius 2 is 2.23 bits per heavy atom. The highest BCUT2D eigenvalue weighted by Crippen LogP contribution is 2.16. The highest BCUT2D eigenvalue weighted by molar-refractivity contribution is 9.10. The van der Waals surface area contributed by atoms with E-state index < -0.39 is 0 Å². The molecule has 0 aliphatic heterocycles. The number of aromatic nitrogens is 2. The second-order valence-corrected chi connectivity index (χ2v) is 5.83. The quantitative estimate of drug-likeness (QED) is 0.707. The number of para-hydroxylation sites is 2. The Hall–Kier alpha value is -2.08. The van der Waals surface area contributed by atoms with Gasteiger partial charge in [0.25, 0.3) is 5.91 Å². The molecule has 0 saturated carbocycles. The standard InChI is InChI=1S/C16H16BrN3O2/c1-11-19-13-5-2-3-6-14(13)20(11)8-4-7-18-16(21)12-9-15(17)22-10-12/h2-3,5-6,9-10H,4,7-8H2,1H3,(H,18,21). The average molecular weight is 362 g/mol. The first-order chi connectivity index (χ1) is 10.6. The molecule has 2 heterocycles. The topological polar surface area (TPSA) is 60.1 Å². The summed E-state index contributed by atoms with van der Waals surface area (Å²) in [6.07, 6.45) is 2.28. The van der Waals surface area contributed by atoms with Gasteiger partial charge in [0.05, 0.1) is 16.6 Å². The third-order valence-corrected chi connectivity index (χ3v) is 3.93. The third kappa shape index (κ3) is 3.06. The van der Waals surface area contributed by atoms with Crippen molar-refractivity contribution in [2.75, 3.05) is 6.54 Å². The first kappa shape index (κ1) is 14.8. The van der Waals surface area contributed by atoms with E-state index in [0.717, 1.165) is 29.8 Å². The van der Waals surface area contributed by atoms with Crippen molar-refractivity contribution >= 4 is 32.9 Å². The smallest absolute Gasteiger partial charge is 0.254 e. The van der Waals surface area contributed by atoms with E-state index in [1.807, 2.05) is 25.1 Å². The largest absolute Gasteiger partial charge is 0.457 e. The van der Waals surface area contributed by atoms with Gasteiger partial charge in [0.1, 0.15) is 12.1 Å². The van der Waals surface area contributed by atoms with Crippen molar-refractivity contribution in [3.8, 4) is 0 Å². The van der Waals surface area contributed by atoms with Gasteiger partial charge in [-0.25, -0.2) is 4.98 Å². The van der Waals surface area contributed by atoms with Crippen LogP contribution in [0.1, 0.15) is 22.6 Å². The SMILES string of the molecule is Cc1nc2ccccc2n1CCCNC(=O)c1coc(Br)c1. The summed E-state index contributed by atoms with van der Waals surface area (Å²) in [6, 6.07) is 9.73. The number of nitrogens with zero attached hydrogens (tertiary/aromatic N) is 2. The number of amides is 1. The molecule has 1 N–H and O–H groups in total. The zero-order valence-electron chi connectivity index (χ0n) is 12.2. The van der Waals surface area contributed by atoms with E-state index in [4.69, 9.17) is 4.42 Å². The van der Waals surface area contributed by atoms with E-state index in [2.05, 4.69) is 36.9 Å². The van der Waals surface area contributed by atoms with Gasteiger partial charge in [-0.15, -0.1) is 0 Å². The summed E-state index contributed by atoms with van der Waals surface area (Å²) in [6.45, 7) is 3.43. The van der Waals surface area contributed by atoms with Crippen molar-refractivity contribution in [2.45, 2.75) is 19.9 Å². The normalized spacial score (nSPS) is 11.0. The number of carbonyl (C=O) groups excluding carboxylic acids is 1. The van der Waals surface area contributed by atoms with Gasteiger partial charge in [-0.05, 0) is 41.4 Å². The van der Waals surface area contributed by atoms with Crippen molar-refractivity contribution in [3.05, 3.63) is 52.7 Å². The maximum atomic E-state index is 11.9. The first-order valence-corrected chi connectivity index (χ1v) is 7.88. The minimum atomic E-state index is -0.123. The van der Waals surface area contributed by atoms with E-state index in [1.165, 1.54) is 6.26 Å². The maximum absolute atomic E-state index is 11.9. The molecule has 1 amide bonds. The van der Waals surface area contributed by atoms with Gasteiger partial charge in [0.2, 0.25) is 0 Å². The van der Waals surface area contributed by atoms with E-state index in [9.17, 15) is 4.79 Å². The summed E-state index contributed by atoms with van der Waals surface area (Å²) in [5.74, 6) is 0.868. The molecular formula is C16H16BrN3O2.